The summed E-state index contributed by atoms with van der Waals surface area (Å²) < 4.78 is 0. The fourth-order valence-corrected chi connectivity index (χ4v) is 2.00. The lowest BCUT2D eigenvalue weighted by Gasteiger charge is -2.25. The average molecular weight is 204 g/mol. The Labute approximate surface area is 92.1 Å². The van der Waals surface area contributed by atoms with Crippen LogP contribution in [0.15, 0.2) is 18.2 Å². The van der Waals surface area contributed by atoms with Gasteiger partial charge in [0.25, 0.3) is 0 Å². The van der Waals surface area contributed by atoms with Gasteiger partial charge in [0.15, 0.2) is 0 Å². The van der Waals surface area contributed by atoms with Crippen molar-refractivity contribution in [2.75, 3.05) is 6.54 Å². The van der Waals surface area contributed by atoms with Crippen LogP contribution < -0.4 is 5.32 Å². The van der Waals surface area contributed by atoms with Crippen LogP contribution in [-0.2, 0) is 6.54 Å². The summed E-state index contributed by atoms with van der Waals surface area (Å²) in [5.41, 5.74) is 2.26. The van der Waals surface area contributed by atoms with Gasteiger partial charge in [-0.1, -0.05) is 25.3 Å². The molecule has 1 aliphatic carbocycles. The fourth-order valence-electron chi connectivity index (χ4n) is 2.00. The van der Waals surface area contributed by atoms with Crippen molar-refractivity contribution in [3.05, 3.63) is 29.6 Å². The minimum Gasteiger partial charge on any atom is -0.311 e. The van der Waals surface area contributed by atoms with E-state index in [1.807, 2.05) is 13.0 Å². The molecule has 0 unspecified atom stereocenters. The first-order valence-electron chi connectivity index (χ1n) is 5.98. The molecule has 0 amide bonds. The van der Waals surface area contributed by atoms with E-state index in [0.29, 0.717) is 0 Å². The fraction of sp³-hybridized carbons (Fsp3) is 0.615. The molecule has 0 saturated heterocycles. The predicted molar refractivity (Wildman–Crippen MR) is 62.6 cm³/mol. The van der Waals surface area contributed by atoms with E-state index in [1.54, 1.807) is 0 Å². The smallest absolute Gasteiger partial charge is 0.0544 e. The Morgan fingerprint density at radius 2 is 2.27 bits per heavy atom. The van der Waals surface area contributed by atoms with Crippen LogP contribution in [0.3, 0.4) is 0 Å². The molecule has 1 aromatic rings. The highest BCUT2D eigenvalue weighted by Gasteiger charge is 2.15. The molecule has 2 nitrogen and oxygen atoms in total. The molecule has 2 heteroatoms. The quantitative estimate of drug-likeness (QED) is 0.746. The molecule has 0 bridgehead atoms. The van der Waals surface area contributed by atoms with Crippen LogP contribution in [0.1, 0.15) is 37.1 Å². The highest BCUT2D eigenvalue weighted by molar-refractivity contribution is 5.09. The first-order chi connectivity index (χ1) is 7.34. The highest BCUT2D eigenvalue weighted by atomic mass is 14.9. The Balaban J connectivity index is 1.64. The van der Waals surface area contributed by atoms with Crippen LogP contribution in [0.25, 0.3) is 0 Å². The van der Waals surface area contributed by atoms with Crippen molar-refractivity contribution >= 4 is 0 Å². The van der Waals surface area contributed by atoms with Crippen molar-refractivity contribution in [1.29, 1.82) is 0 Å². The third kappa shape index (κ3) is 3.31. The summed E-state index contributed by atoms with van der Waals surface area (Å²) >= 11 is 0. The van der Waals surface area contributed by atoms with E-state index in [0.717, 1.165) is 30.4 Å². The van der Waals surface area contributed by atoms with Gasteiger partial charge < -0.3 is 5.32 Å². The van der Waals surface area contributed by atoms with Crippen LogP contribution in [0, 0.1) is 12.8 Å². The highest BCUT2D eigenvalue weighted by Crippen LogP contribution is 2.28. The van der Waals surface area contributed by atoms with Gasteiger partial charge in [-0.15, -0.1) is 0 Å². The number of hydrogen-bond acceptors (Lipinski definition) is 2. The monoisotopic (exact) mass is 204 g/mol. The molecule has 0 radical (unpaired) electrons. The summed E-state index contributed by atoms with van der Waals surface area (Å²) in [6.45, 7) is 4.09. The van der Waals surface area contributed by atoms with Gasteiger partial charge in [-0.05, 0) is 37.9 Å². The SMILES string of the molecule is Cc1cccc(CNCCC2CCC2)n1. The first-order valence-corrected chi connectivity index (χ1v) is 5.98. The van der Waals surface area contributed by atoms with Gasteiger partial charge in [0.1, 0.15) is 0 Å². The van der Waals surface area contributed by atoms with Crippen LogP contribution in [0.5, 0.6) is 0 Å². The van der Waals surface area contributed by atoms with Crippen molar-refractivity contribution in [3.63, 3.8) is 0 Å². The molecular weight excluding hydrogens is 184 g/mol. The Morgan fingerprint density at radius 1 is 1.40 bits per heavy atom. The summed E-state index contributed by atoms with van der Waals surface area (Å²) in [5, 5.41) is 3.47. The maximum atomic E-state index is 4.46. The molecular formula is C13H20N2. The Kier molecular flexibility index (Phi) is 3.73. The van der Waals surface area contributed by atoms with Gasteiger partial charge >= 0.3 is 0 Å². The van der Waals surface area contributed by atoms with Gasteiger partial charge in [0.05, 0.1) is 5.69 Å². The lowest BCUT2D eigenvalue weighted by atomic mass is 9.83. The molecule has 0 aromatic carbocycles. The Hall–Kier alpha value is -0.890. The number of rotatable bonds is 5. The number of aromatic nitrogens is 1. The molecule has 15 heavy (non-hydrogen) atoms. The number of hydrogen-bond donors (Lipinski definition) is 1. The van der Waals surface area contributed by atoms with Crippen LogP contribution in [0.2, 0.25) is 0 Å². The van der Waals surface area contributed by atoms with Crippen molar-refractivity contribution in [3.8, 4) is 0 Å². The van der Waals surface area contributed by atoms with E-state index in [9.17, 15) is 0 Å². The topological polar surface area (TPSA) is 24.9 Å². The minimum atomic E-state index is 0.911. The molecule has 1 aliphatic rings. The van der Waals surface area contributed by atoms with Crippen LogP contribution in [-0.4, -0.2) is 11.5 Å². The molecule has 0 atom stereocenters. The standard InChI is InChI=1S/C13H20N2/c1-11-4-2-7-13(15-11)10-14-9-8-12-5-3-6-12/h2,4,7,12,14H,3,5-6,8-10H2,1H3. The van der Waals surface area contributed by atoms with Crippen molar-refractivity contribution < 1.29 is 0 Å². The third-order valence-corrected chi connectivity index (χ3v) is 3.21. The molecule has 0 aliphatic heterocycles. The summed E-state index contributed by atoms with van der Waals surface area (Å²) in [7, 11) is 0. The number of nitrogens with zero attached hydrogens (tertiary/aromatic N) is 1. The second kappa shape index (κ2) is 5.26. The second-order valence-electron chi connectivity index (χ2n) is 4.53. The van der Waals surface area contributed by atoms with Gasteiger partial charge in [-0.25, -0.2) is 0 Å². The molecule has 1 saturated carbocycles. The first kappa shape index (κ1) is 10.6. The van der Waals surface area contributed by atoms with E-state index in [2.05, 4.69) is 22.4 Å². The number of aryl methyl sites for hydroxylation is 1. The molecule has 1 aromatic heterocycles. The van der Waals surface area contributed by atoms with Crippen molar-refractivity contribution in [1.82, 2.24) is 10.3 Å². The van der Waals surface area contributed by atoms with E-state index in [1.165, 1.54) is 25.7 Å². The van der Waals surface area contributed by atoms with E-state index < -0.39 is 0 Å². The van der Waals surface area contributed by atoms with E-state index >= 15 is 0 Å². The van der Waals surface area contributed by atoms with Gasteiger partial charge in [-0.3, -0.25) is 4.98 Å². The van der Waals surface area contributed by atoms with Crippen LogP contribution in [0.4, 0.5) is 0 Å². The molecule has 2 rings (SSSR count). The summed E-state index contributed by atoms with van der Waals surface area (Å²) in [6.07, 6.45) is 5.69. The summed E-state index contributed by atoms with van der Waals surface area (Å²) in [6, 6.07) is 6.20. The molecule has 1 fully saturated rings. The summed E-state index contributed by atoms with van der Waals surface area (Å²) in [4.78, 5) is 4.46. The molecule has 82 valence electrons. The lowest BCUT2D eigenvalue weighted by molar-refractivity contribution is 0.292. The normalized spacial score (nSPS) is 16.3. The summed E-state index contributed by atoms with van der Waals surface area (Å²) in [5.74, 6) is 1.00. The molecule has 1 N–H and O–H groups in total. The number of pyridine rings is 1. The van der Waals surface area contributed by atoms with E-state index in [4.69, 9.17) is 0 Å². The third-order valence-electron chi connectivity index (χ3n) is 3.21. The van der Waals surface area contributed by atoms with E-state index in [-0.39, 0.29) is 0 Å². The minimum absolute atomic E-state index is 0.911. The number of nitrogens with one attached hydrogen (secondary N) is 1. The molecule has 1 heterocycles. The predicted octanol–water partition coefficient (Wildman–Crippen LogP) is 2.67. The lowest BCUT2D eigenvalue weighted by Crippen LogP contribution is -2.21. The van der Waals surface area contributed by atoms with Gasteiger partial charge in [-0.2, -0.15) is 0 Å². The average Bonchev–Trinajstić information content (AvgIpc) is 2.15. The zero-order chi connectivity index (χ0) is 10.5. The van der Waals surface area contributed by atoms with Crippen LogP contribution >= 0.6 is 0 Å². The van der Waals surface area contributed by atoms with Gasteiger partial charge in [0, 0.05) is 12.2 Å². The van der Waals surface area contributed by atoms with Crippen molar-refractivity contribution in [2.24, 2.45) is 5.92 Å². The zero-order valence-electron chi connectivity index (χ0n) is 9.50. The Morgan fingerprint density at radius 3 is 2.93 bits per heavy atom. The van der Waals surface area contributed by atoms with Crippen molar-refractivity contribution in [2.45, 2.75) is 39.2 Å². The largest absolute Gasteiger partial charge is 0.311 e. The molecule has 0 spiro atoms. The Bertz CT molecular complexity index is 305. The second-order valence-corrected chi connectivity index (χ2v) is 4.53. The zero-order valence-corrected chi connectivity index (χ0v) is 9.50. The maximum Gasteiger partial charge on any atom is 0.0544 e. The maximum absolute atomic E-state index is 4.46. The van der Waals surface area contributed by atoms with Gasteiger partial charge in [0.2, 0.25) is 0 Å².